The second kappa shape index (κ2) is 5.23. The summed E-state index contributed by atoms with van der Waals surface area (Å²) in [4.78, 5) is 17.5. The highest BCUT2D eigenvalue weighted by atomic mass is 32.1. The number of likely N-dealkylation sites (tertiary alicyclic amines) is 1. The third kappa shape index (κ3) is 2.68. The molecule has 2 fully saturated rings. The number of likely N-dealkylation sites (N-methyl/N-ethyl adjacent to an activating group) is 1. The molecule has 0 N–H and O–H groups in total. The molecular formula is C14H20N2O2S. The van der Waals surface area contributed by atoms with Crippen LogP contribution < -0.4 is 0 Å². The second-order valence-corrected chi connectivity index (χ2v) is 6.54. The molecule has 5 heteroatoms. The number of amides is 1. The normalized spacial score (nSPS) is 28.2. The Labute approximate surface area is 118 Å². The van der Waals surface area contributed by atoms with Gasteiger partial charge in [-0.25, -0.2) is 0 Å². The van der Waals surface area contributed by atoms with E-state index in [-0.39, 0.29) is 12.0 Å². The van der Waals surface area contributed by atoms with Gasteiger partial charge in [0.05, 0.1) is 17.6 Å². The number of hydrogen-bond acceptors (Lipinski definition) is 4. The summed E-state index contributed by atoms with van der Waals surface area (Å²) in [5.74, 6) is 0.620. The van der Waals surface area contributed by atoms with Crippen molar-refractivity contribution in [1.82, 2.24) is 9.80 Å². The number of thiophene rings is 1. The van der Waals surface area contributed by atoms with E-state index in [4.69, 9.17) is 4.74 Å². The monoisotopic (exact) mass is 280 g/mol. The average molecular weight is 280 g/mol. The lowest BCUT2D eigenvalue weighted by Gasteiger charge is -2.18. The number of carbonyl (C=O) groups excluding carboxylic acids is 1. The summed E-state index contributed by atoms with van der Waals surface area (Å²) in [5, 5.41) is 2.03. The second-order valence-electron chi connectivity index (χ2n) is 5.63. The van der Waals surface area contributed by atoms with Crippen LogP contribution in [0.3, 0.4) is 0 Å². The number of rotatable bonds is 1. The highest BCUT2D eigenvalue weighted by Crippen LogP contribution is 2.26. The van der Waals surface area contributed by atoms with Crippen LogP contribution in [0.2, 0.25) is 0 Å². The number of hydrogen-bond donors (Lipinski definition) is 0. The summed E-state index contributed by atoms with van der Waals surface area (Å²) in [6, 6.07) is 1.98. The van der Waals surface area contributed by atoms with E-state index in [1.165, 1.54) is 11.3 Å². The van der Waals surface area contributed by atoms with Gasteiger partial charge in [0.2, 0.25) is 0 Å². The van der Waals surface area contributed by atoms with Gasteiger partial charge >= 0.3 is 0 Å². The van der Waals surface area contributed by atoms with Crippen LogP contribution in [0.1, 0.15) is 15.2 Å². The highest BCUT2D eigenvalue weighted by Gasteiger charge is 2.38. The third-order valence-corrected chi connectivity index (χ3v) is 5.00. The summed E-state index contributed by atoms with van der Waals surface area (Å²) in [5.41, 5.74) is 1.16. The number of aryl methyl sites for hydroxylation is 1. The summed E-state index contributed by atoms with van der Waals surface area (Å²) in [6.45, 7) is 6.39. The summed E-state index contributed by atoms with van der Waals surface area (Å²) < 4.78 is 5.89. The maximum Gasteiger partial charge on any atom is 0.264 e. The molecule has 104 valence electrons. The molecule has 3 rings (SSSR count). The van der Waals surface area contributed by atoms with E-state index in [9.17, 15) is 4.79 Å². The van der Waals surface area contributed by atoms with Crippen molar-refractivity contribution in [3.05, 3.63) is 21.9 Å². The van der Waals surface area contributed by atoms with Crippen molar-refractivity contribution in [3.8, 4) is 0 Å². The third-order valence-electron chi connectivity index (χ3n) is 3.96. The van der Waals surface area contributed by atoms with Crippen molar-refractivity contribution < 1.29 is 9.53 Å². The molecule has 0 unspecified atom stereocenters. The molecule has 1 aromatic rings. The molecule has 2 aliphatic rings. The molecule has 0 bridgehead atoms. The van der Waals surface area contributed by atoms with Gasteiger partial charge < -0.3 is 14.5 Å². The minimum atomic E-state index is 0.164. The predicted octanol–water partition coefficient (Wildman–Crippen LogP) is 1.46. The zero-order valence-corrected chi connectivity index (χ0v) is 12.3. The van der Waals surface area contributed by atoms with Gasteiger partial charge in [-0.1, -0.05) is 0 Å². The van der Waals surface area contributed by atoms with Crippen molar-refractivity contribution in [2.45, 2.75) is 13.0 Å². The molecule has 2 saturated heterocycles. The summed E-state index contributed by atoms with van der Waals surface area (Å²) >= 11 is 1.54. The number of nitrogens with zero attached hydrogens (tertiary/aromatic N) is 2. The van der Waals surface area contributed by atoms with Crippen LogP contribution in [0, 0.1) is 12.8 Å². The van der Waals surface area contributed by atoms with Crippen LogP contribution in [0.15, 0.2) is 11.4 Å². The molecule has 2 atom stereocenters. The Kier molecular flexibility index (Phi) is 3.60. The van der Waals surface area contributed by atoms with E-state index < -0.39 is 0 Å². The zero-order chi connectivity index (χ0) is 13.4. The minimum absolute atomic E-state index is 0.164. The van der Waals surface area contributed by atoms with Crippen LogP contribution in [-0.2, 0) is 4.74 Å². The van der Waals surface area contributed by atoms with Crippen molar-refractivity contribution in [2.75, 3.05) is 39.8 Å². The standard InChI is InChI=1S/C14H20N2O2S/c1-10-5-13(19-9-10)14(17)16-7-11-6-15(2)3-4-18-12(11)8-16/h5,9,11-12H,3-4,6-8H2,1-2H3/t11-,12+/m0/s1. The zero-order valence-electron chi connectivity index (χ0n) is 11.5. The maximum absolute atomic E-state index is 12.4. The minimum Gasteiger partial charge on any atom is -0.375 e. The van der Waals surface area contributed by atoms with E-state index in [1.807, 2.05) is 23.3 Å². The SMILES string of the molecule is Cc1csc(C(=O)N2C[C@@H]3CN(C)CCO[C@@H]3C2)c1. The van der Waals surface area contributed by atoms with Crippen molar-refractivity contribution >= 4 is 17.2 Å². The van der Waals surface area contributed by atoms with Gasteiger partial charge in [-0.3, -0.25) is 4.79 Å². The lowest BCUT2D eigenvalue weighted by Crippen LogP contribution is -2.31. The highest BCUT2D eigenvalue weighted by molar-refractivity contribution is 7.12. The quantitative estimate of drug-likeness (QED) is 0.781. The molecule has 1 amide bonds. The van der Waals surface area contributed by atoms with Gasteiger partial charge in [-0.15, -0.1) is 11.3 Å². The smallest absolute Gasteiger partial charge is 0.264 e. The Morgan fingerprint density at radius 1 is 1.42 bits per heavy atom. The van der Waals surface area contributed by atoms with Crippen LogP contribution in [-0.4, -0.2) is 61.6 Å². The first-order chi connectivity index (χ1) is 9.13. The Morgan fingerprint density at radius 3 is 3.00 bits per heavy atom. The summed E-state index contributed by atoms with van der Waals surface area (Å²) in [7, 11) is 2.12. The van der Waals surface area contributed by atoms with Crippen molar-refractivity contribution in [1.29, 1.82) is 0 Å². The van der Waals surface area contributed by atoms with E-state index >= 15 is 0 Å². The molecule has 0 radical (unpaired) electrons. The maximum atomic E-state index is 12.4. The molecule has 0 aromatic carbocycles. The first-order valence-electron chi connectivity index (χ1n) is 6.78. The largest absolute Gasteiger partial charge is 0.375 e. The van der Waals surface area contributed by atoms with Crippen molar-refractivity contribution in [2.24, 2.45) is 5.92 Å². The van der Waals surface area contributed by atoms with Crippen LogP contribution in [0.4, 0.5) is 0 Å². The molecule has 19 heavy (non-hydrogen) atoms. The number of fused-ring (bicyclic) bond motifs is 1. The Hall–Kier alpha value is -0.910. The molecule has 4 nitrogen and oxygen atoms in total. The molecular weight excluding hydrogens is 260 g/mol. The molecule has 0 aliphatic carbocycles. The van der Waals surface area contributed by atoms with E-state index in [2.05, 4.69) is 11.9 Å². The van der Waals surface area contributed by atoms with Crippen LogP contribution >= 0.6 is 11.3 Å². The Bertz CT molecular complexity index is 474. The topological polar surface area (TPSA) is 32.8 Å². The molecule has 2 aliphatic heterocycles. The lowest BCUT2D eigenvalue weighted by atomic mass is 10.1. The fourth-order valence-corrected chi connectivity index (χ4v) is 3.79. The Morgan fingerprint density at radius 2 is 2.26 bits per heavy atom. The average Bonchev–Trinajstić information content (AvgIpc) is 2.92. The van der Waals surface area contributed by atoms with E-state index in [1.54, 1.807) is 0 Å². The predicted molar refractivity (Wildman–Crippen MR) is 75.7 cm³/mol. The fraction of sp³-hybridized carbons (Fsp3) is 0.643. The molecule has 0 spiro atoms. The number of carbonyl (C=O) groups is 1. The number of ether oxygens (including phenoxy) is 1. The van der Waals surface area contributed by atoms with E-state index in [0.29, 0.717) is 5.92 Å². The first kappa shape index (κ1) is 13.1. The van der Waals surface area contributed by atoms with Gasteiger partial charge in [0.15, 0.2) is 0 Å². The van der Waals surface area contributed by atoms with Crippen LogP contribution in [0.25, 0.3) is 0 Å². The lowest BCUT2D eigenvalue weighted by molar-refractivity contribution is 0.0488. The van der Waals surface area contributed by atoms with Gasteiger partial charge in [0.25, 0.3) is 5.91 Å². The molecule has 1 aromatic heterocycles. The van der Waals surface area contributed by atoms with Crippen LogP contribution in [0.5, 0.6) is 0 Å². The van der Waals surface area contributed by atoms with Gasteiger partial charge in [0.1, 0.15) is 0 Å². The Balaban J connectivity index is 1.70. The van der Waals surface area contributed by atoms with Gasteiger partial charge in [-0.05, 0) is 31.0 Å². The van der Waals surface area contributed by atoms with Crippen molar-refractivity contribution in [3.63, 3.8) is 0 Å². The van der Waals surface area contributed by atoms with Gasteiger partial charge in [-0.2, -0.15) is 0 Å². The van der Waals surface area contributed by atoms with E-state index in [0.717, 1.165) is 43.2 Å². The summed E-state index contributed by atoms with van der Waals surface area (Å²) in [6.07, 6.45) is 0.218. The molecule has 0 saturated carbocycles. The first-order valence-corrected chi connectivity index (χ1v) is 7.66. The molecule has 3 heterocycles. The fourth-order valence-electron chi connectivity index (χ4n) is 2.92. The van der Waals surface area contributed by atoms with Gasteiger partial charge in [0, 0.05) is 32.1 Å².